The first-order valence-electron chi connectivity index (χ1n) is 8.08. The average molecular weight is 329 g/mol. The van der Waals surface area contributed by atoms with Crippen LogP contribution < -0.4 is 0 Å². The number of piperazine rings is 1. The van der Waals surface area contributed by atoms with E-state index in [0.29, 0.717) is 31.5 Å². The summed E-state index contributed by atoms with van der Waals surface area (Å²) in [5, 5.41) is 0. The predicted octanol–water partition coefficient (Wildman–Crippen LogP) is 1.11. The minimum absolute atomic E-state index is 0.206. The van der Waals surface area contributed by atoms with Gasteiger partial charge in [-0.3, -0.25) is 9.69 Å². The molecule has 0 aromatic rings. The summed E-state index contributed by atoms with van der Waals surface area (Å²) in [6.45, 7) is 7.15. The second kappa shape index (κ2) is 8.62. The Morgan fingerprint density at radius 1 is 1.14 bits per heavy atom. The molecule has 126 valence electrons. The van der Waals surface area contributed by atoms with Crippen molar-refractivity contribution in [2.75, 3.05) is 57.9 Å². The van der Waals surface area contributed by atoms with Gasteiger partial charge in [0.05, 0.1) is 12.4 Å². The Morgan fingerprint density at radius 3 is 2.50 bits per heavy atom. The number of ether oxygens (including phenoxy) is 1. The molecule has 0 aromatic carbocycles. The fraction of sp³-hybridized carbons (Fsp3) is 0.867. The minimum Gasteiger partial charge on any atom is -0.450 e. The third-order valence-corrected chi connectivity index (χ3v) is 4.91. The Bertz CT molecular complexity index is 386. The summed E-state index contributed by atoms with van der Waals surface area (Å²) in [6, 6.07) is 0.434. The van der Waals surface area contributed by atoms with Gasteiger partial charge in [0.2, 0.25) is 5.91 Å². The summed E-state index contributed by atoms with van der Waals surface area (Å²) in [5.41, 5.74) is 0. The maximum Gasteiger partial charge on any atom is 0.409 e. The summed E-state index contributed by atoms with van der Waals surface area (Å²) < 4.78 is 5.05. The van der Waals surface area contributed by atoms with E-state index in [-0.39, 0.29) is 12.0 Å². The van der Waals surface area contributed by atoms with Crippen LogP contribution >= 0.6 is 11.8 Å². The van der Waals surface area contributed by atoms with Crippen LogP contribution in [-0.4, -0.2) is 90.6 Å². The molecule has 0 N–H and O–H groups in total. The van der Waals surface area contributed by atoms with Crippen LogP contribution in [0.5, 0.6) is 0 Å². The lowest BCUT2D eigenvalue weighted by molar-refractivity contribution is -0.130. The van der Waals surface area contributed by atoms with Gasteiger partial charge in [-0.2, -0.15) is 11.8 Å². The number of carbonyl (C=O) groups excluding carboxylic acids is 2. The van der Waals surface area contributed by atoms with Crippen LogP contribution in [0.15, 0.2) is 0 Å². The first-order chi connectivity index (χ1) is 10.7. The average Bonchev–Trinajstić information content (AvgIpc) is 2.55. The topological polar surface area (TPSA) is 53.1 Å². The van der Waals surface area contributed by atoms with Crippen molar-refractivity contribution in [3.05, 3.63) is 0 Å². The van der Waals surface area contributed by atoms with Crippen molar-refractivity contribution in [2.45, 2.75) is 25.8 Å². The lowest BCUT2D eigenvalue weighted by atomic mass is 10.0. The van der Waals surface area contributed by atoms with Crippen LogP contribution in [0, 0.1) is 0 Å². The van der Waals surface area contributed by atoms with Crippen molar-refractivity contribution in [3.63, 3.8) is 0 Å². The summed E-state index contributed by atoms with van der Waals surface area (Å²) in [7, 11) is 0. The van der Waals surface area contributed by atoms with Gasteiger partial charge in [-0.1, -0.05) is 0 Å². The number of hydrogen-bond donors (Lipinski definition) is 0. The Hall–Kier alpha value is -0.950. The van der Waals surface area contributed by atoms with Crippen LogP contribution in [-0.2, 0) is 9.53 Å². The predicted molar refractivity (Wildman–Crippen MR) is 88.2 cm³/mol. The highest BCUT2D eigenvalue weighted by Crippen LogP contribution is 2.18. The first kappa shape index (κ1) is 17.4. The highest BCUT2D eigenvalue weighted by molar-refractivity contribution is 7.99. The van der Waals surface area contributed by atoms with E-state index in [0.717, 1.165) is 39.0 Å². The normalized spacial score (nSPS) is 23.5. The highest BCUT2D eigenvalue weighted by Gasteiger charge is 2.30. The molecule has 0 spiro atoms. The number of likely N-dealkylation sites (tertiary alicyclic amines) is 1. The maximum atomic E-state index is 12.1. The Kier molecular flexibility index (Phi) is 6.82. The van der Waals surface area contributed by atoms with Gasteiger partial charge in [0.25, 0.3) is 0 Å². The third-order valence-electron chi connectivity index (χ3n) is 4.37. The van der Waals surface area contributed by atoms with Crippen molar-refractivity contribution in [3.8, 4) is 0 Å². The largest absolute Gasteiger partial charge is 0.450 e. The molecule has 7 heteroatoms. The zero-order chi connectivity index (χ0) is 15.9. The molecule has 0 aromatic heterocycles. The Balaban J connectivity index is 1.80. The lowest BCUT2D eigenvalue weighted by Crippen LogP contribution is -2.56. The number of carbonyl (C=O) groups is 2. The summed E-state index contributed by atoms with van der Waals surface area (Å²) in [6.07, 6.45) is 3.97. The molecule has 0 aliphatic carbocycles. The van der Waals surface area contributed by atoms with Gasteiger partial charge in [0.1, 0.15) is 0 Å². The quantitative estimate of drug-likeness (QED) is 0.773. The molecule has 1 atom stereocenters. The maximum absolute atomic E-state index is 12.1. The minimum atomic E-state index is -0.206. The van der Waals surface area contributed by atoms with E-state index in [1.54, 1.807) is 16.7 Å². The SMILES string of the molecule is CCOC(=O)N1CCN(C2CCCN(C(=O)CSC)C2)CC1. The smallest absolute Gasteiger partial charge is 0.409 e. The van der Waals surface area contributed by atoms with Crippen molar-refractivity contribution < 1.29 is 14.3 Å². The van der Waals surface area contributed by atoms with Gasteiger partial charge < -0.3 is 14.5 Å². The molecule has 1 unspecified atom stereocenters. The van der Waals surface area contributed by atoms with Crippen molar-refractivity contribution in [2.24, 2.45) is 0 Å². The van der Waals surface area contributed by atoms with E-state index in [9.17, 15) is 9.59 Å². The molecule has 2 aliphatic rings. The van der Waals surface area contributed by atoms with Gasteiger partial charge in [-0.05, 0) is 26.0 Å². The molecule has 2 amide bonds. The number of piperidine rings is 1. The van der Waals surface area contributed by atoms with Crippen molar-refractivity contribution in [1.29, 1.82) is 0 Å². The Morgan fingerprint density at radius 2 is 1.86 bits per heavy atom. The summed E-state index contributed by atoms with van der Waals surface area (Å²) in [4.78, 5) is 30.0. The molecule has 2 aliphatic heterocycles. The van der Waals surface area contributed by atoms with E-state index < -0.39 is 0 Å². The summed E-state index contributed by atoms with van der Waals surface area (Å²) >= 11 is 1.59. The molecule has 22 heavy (non-hydrogen) atoms. The molecule has 2 fully saturated rings. The highest BCUT2D eigenvalue weighted by atomic mass is 32.2. The number of hydrogen-bond acceptors (Lipinski definition) is 5. The van der Waals surface area contributed by atoms with Crippen LogP contribution in [0.25, 0.3) is 0 Å². The fourth-order valence-electron chi connectivity index (χ4n) is 3.18. The second-order valence-electron chi connectivity index (χ2n) is 5.79. The van der Waals surface area contributed by atoms with E-state index >= 15 is 0 Å². The number of rotatable bonds is 4. The molecule has 0 saturated carbocycles. The van der Waals surface area contributed by atoms with Crippen LogP contribution in [0.1, 0.15) is 19.8 Å². The van der Waals surface area contributed by atoms with Gasteiger partial charge in [-0.15, -0.1) is 0 Å². The zero-order valence-electron chi connectivity index (χ0n) is 13.6. The van der Waals surface area contributed by atoms with Crippen molar-refractivity contribution >= 4 is 23.8 Å². The third kappa shape index (κ3) is 4.52. The molecular formula is C15H27N3O3S. The second-order valence-corrected chi connectivity index (χ2v) is 6.66. The van der Waals surface area contributed by atoms with Crippen LogP contribution in [0.3, 0.4) is 0 Å². The lowest BCUT2D eigenvalue weighted by Gasteiger charge is -2.43. The van der Waals surface area contributed by atoms with Crippen LogP contribution in [0.2, 0.25) is 0 Å². The van der Waals surface area contributed by atoms with Crippen LogP contribution in [0.4, 0.5) is 4.79 Å². The molecular weight excluding hydrogens is 302 g/mol. The van der Waals surface area contributed by atoms with E-state index in [4.69, 9.17) is 4.74 Å². The van der Waals surface area contributed by atoms with Gasteiger partial charge in [-0.25, -0.2) is 4.79 Å². The monoisotopic (exact) mass is 329 g/mol. The van der Waals surface area contributed by atoms with E-state index in [1.165, 1.54) is 0 Å². The van der Waals surface area contributed by atoms with Crippen molar-refractivity contribution in [1.82, 2.24) is 14.7 Å². The molecule has 6 nitrogen and oxygen atoms in total. The summed E-state index contributed by atoms with van der Waals surface area (Å²) in [5.74, 6) is 0.825. The first-order valence-corrected chi connectivity index (χ1v) is 9.47. The van der Waals surface area contributed by atoms with Gasteiger partial charge in [0.15, 0.2) is 0 Å². The fourth-order valence-corrected chi connectivity index (χ4v) is 3.61. The van der Waals surface area contributed by atoms with E-state index in [1.807, 2.05) is 18.1 Å². The molecule has 0 bridgehead atoms. The molecule has 0 radical (unpaired) electrons. The van der Waals surface area contributed by atoms with E-state index in [2.05, 4.69) is 4.90 Å². The zero-order valence-corrected chi connectivity index (χ0v) is 14.4. The molecule has 2 heterocycles. The number of amides is 2. The van der Waals surface area contributed by atoms with Gasteiger partial charge in [0, 0.05) is 45.3 Å². The number of nitrogens with zero attached hydrogens (tertiary/aromatic N) is 3. The van der Waals surface area contributed by atoms with Gasteiger partial charge >= 0.3 is 6.09 Å². The molecule has 2 saturated heterocycles. The molecule has 2 rings (SSSR count). The Labute approximate surface area is 137 Å². The standard InChI is InChI=1S/C15H27N3O3S/c1-3-21-15(20)17-9-7-16(8-10-17)13-5-4-6-18(11-13)14(19)12-22-2/h13H,3-12H2,1-2H3. The number of thioether (sulfide) groups is 1.